The van der Waals surface area contributed by atoms with E-state index < -0.39 is 22.3 Å². The van der Waals surface area contributed by atoms with Crippen molar-refractivity contribution in [2.75, 3.05) is 31.1 Å². The number of carboxylic acid groups (broad SMARTS) is 1. The molecule has 5 nitrogen and oxygen atoms in total. The van der Waals surface area contributed by atoms with Crippen LogP contribution in [-0.2, 0) is 15.6 Å². The van der Waals surface area contributed by atoms with Gasteiger partial charge >= 0.3 is 5.97 Å². The lowest BCUT2D eigenvalue weighted by atomic mass is 9.97. The number of nitrogens with zero attached hydrogens (tertiary/aromatic N) is 1. The average Bonchev–Trinajstić information content (AvgIpc) is 2.20. The number of rotatable bonds is 5. The summed E-state index contributed by atoms with van der Waals surface area (Å²) in [6.45, 7) is 4.08. The molecule has 0 bridgehead atoms. The largest absolute Gasteiger partial charge is 0.480 e. The minimum atomic E-state index is -1.13. The van der Waals surface area contributed by atoms with Gasteiger partial charge in [-0.2, -0.15) is 0 Å². The molecule has 0 spiro atoms. The van der Waals surface area contributed by atoms with Crippen LogP contribution < -0.4 is 5.73 Å². The zero-order valence-corrected chi connectivity index (χ0v) is 10.5. The third-order valence-electron chi connectivity index (χ3n) is 2.93. The maximum absolute atomic E-state index is 11.1. The number of hydrogen-bond donors (Lipinski definition) is 2. The van der Waals surface area contributed by atoms with Crippen LogP contribution in [0.5, 0.6) is 0 Å². The van der Waals surface area contributed by atoms with Crippen molar-refractivity contribution in [2.24, 2.45) is 5.73 Å². The second-order valence-corrected chi connectivity index (χ2v) is 6.21. The van der Waals surface area contributed by atoms with Crippen LogP contribution in [0.15, 0.2) is 0 Å². The van der Waals surface area contributed by atoms with Gasteiger partial charge in [-0.05, 0) is 26.3 Å². The van der Waals surface area contributed by atoms with Crippen molar-refractivity contribution < 1.29 is 14.1 Å². The van der Waals surface area contributed by atoms with E-state index in [-0.39, 0.29) is 0 Å². The Morgan fingerprint density at radius 3 is 2.56 bits per heavy atom. The molecule has 0 aromatic heterocycles. The predicted octanol–water partition coefficient (Wildman–Crippen LogP) is -0.367. The Balaban J connectivity index is 2.21. The Labute approximate surface area is 98.4 Å². The Kier molecular flexibility index (Phi) is 4.89. The summed E-state index contributed by atoms with van der Waals surface area (Å²) in [4.78, 5) is 13.0. The van der Waals surface area contributed by atoms with Crippen LogP contribution >= 0.6 is 0 Å². The highest BCUT2D eigenvalue weighted by molar-refractivity contribution is 7.85. The topological polar surface area (TPSA) is 83.6 Å². The summed E-state index contributed by atoms with van der Waals surface area (Å²) in [5.74, 6) is 0.518. The fraction of sp³-hybridized carbons (Fsp3) is 0.900. The third kappa shape index (κ3) is 4.19. The molecule has 0 aromatic carbocycles. The van der Waals surface area contributed by atoms with Gasteiger partial charge in [-0.1, -0.05) is 0 Å². The molecule has 1 aliphatic heterocycles. The molecule has 0 radical (unpaired) electrons. The molecule has 0 aromatic rings. The summed E-state index contributed by atoms with van der Waals surface area (Å²) in [7, 11) is -0.651. The highest BCUT2D eigenvalue weighted by atomic mass is 32.2. The molecule has 3 N–H and O–H groups in total. The van der Waals surface area contributed by atoms with Crippen molar-refractivity contribution in [3.63, 3.8) is 0 Å². The van der Waals surface area contributed by atoms with Gasteiger partial charge in [-0.3, -0.25) is 9.00 Å². The van der Waals surface area contributed by atoms with Crippen LogP contribution in [0.1, 0.15) is 19.8 Å². The molecule has 1 unspecified atom stereocenters. The van der Waals surface area contributed by atoms with E-state index in [0.717, 1.165) is 37.6 Å². The highest BCUT2D eigenvalue weighted by Crippen LogP contribution is 2.10. The summed E-state index contributed by atoms with van der Waals surface area (Å²) in [5.41, 5.74) is 4.50. The first-order chi connectivity index (χ1) is 7.42. The van der Waals surface area contributed by atoms with E-state index in [4.69, 9.17) is 10.8 Å². The Hall–Kier alpha value is -0.460. The monoisotopic (exact) mass is 248 g/mol. The number of carbonyl (C=O) groups is 1. The normalized spacial score (nSPS) is 22.9. The summed E-state index contributed by atoms with van der Waals surface area (Å²) in [5, 5.41) is 8.83. The van der Waals surface area contributed by atoms with Crippen molar-refractivity contribution in [1.82, 2.24) is 4.90 Å². The standard InChI is InChI=1S/C10H20N2O3S/c1-10(11,9(13)14)3-2-4-12-5-7-16(15)8-6-12/h2-8,11H2,1H3,(H,13,14). The quantitative estimate of drug-likeness (QED) is 0.694. The second-order valence-electron chi connectivity index (χ2n) is 4.52. The third-order valence-corrected chi connectivity index (χ3v) is 4.21. The van der Waals surface area contributed by atoms with Gasteiger partial charge in [0.2, 0.25) is 0 Å². The van der Waals surface area contributed by atoms with Gasteiger partial charge in [0.1, 0.15) is 5.54 Å². The molecule has 0 aliphatic carbocycles. The number of carboxylic acids is 1. The molecule has 16 heavy (non-hydrogen) atoms. The molecule has 1 aliphatic rings. The van der Waals surface area contributed by atoms with Gasteiger partial charge in [-0.25, -0.2) is 0 Å². The average molecular weight is 248 g/mol. The summed E-state index contributed by atoms with van der Waals surface area (Å²) >= 11 is 0. The smallest absolute Gasteiger partial charge is 0.323 e. The van der Waals surface area contributed by atoms with Crippen molar-refractivity contribution in [3.05, 3.63) is 0 Å². The van der Waals surface area contributed by atoms with Crippen LogP contribution in [0, 0.1) is 0 Å². The summed E-state index contributed by atoms with van der Waals surface area (Å²) in [6.07, 6.45) is 1.24. The van der Waals surface area contributed by atoms with E-state index >= 15 is 0 Å². The summed E-state index contributed by atoms with van der Waals surface area (Å²) < 4.78 is 11.1. The molecule has 94 valence electrons. The van der Waals surface area contributed by atoms with Crippen LogP contribution in [0.2, 0.25) is 0 Å². The Morgan fingerprint density at radius 1 is 1.50 bits per heavy atom. The van der Waals surface area contributed by atoms with E-state index in [1.54, 1.807) is 6.92 Å². The molecule has 1 saturated heterocycles. The van der Waals surface area contributed by atoms with Gasteiger partial charge in [0.15, 0.2) is 0 Å². The van der Waals surface area contributed by atoms with E-state index in [1.807, 2.05) is 0 Å². The lowest BCUT2D eigenvalue weighted by Crippen LogP contribution is -2.45. The van der Waals surface area contributed by atoms with E-state index in [0.29, 0.717) is 6.42 Å². The summed E-state index contributed by atoms with van der Waals surface area (Å²) in [6, 6.07) is 0. The lowest BCUT2D eigenvalue weighted by molar-refractivity contribution is -0.142. The molecule has 1 heterocycles. The van der Waals surface area contributed by atoms with Gasteiger partial charge in [-0.15, -0.1) is 0 Å². The van der Waals surface area contributed by atoms with Crippen LogP contribution in [0.25, 0.3) is 0 Å². The van der Waals surface area contributed by atoms with Gasteiger partial charge < -0.3 is 15.7 Å². The lowest BCUT2D eigenvalue weighted by Gasteiger charge is -2.27. The Morgan fingerprint density at radius 2 is 2.06 bits per heavy atom. The first-order valence-electron chi connectivity index (χ1n) is 5.51. The number of hydrogen-bond acceptors (Lipinski definition) is 4. The Bertz CT molecular complexity index is 271. The van der Waals surface area contributed by atoms with E-state index in [2.05, 4.69) is 4.90 Å². The fourth-order valence-electron chi connectivity index (χ4n) is 1.68. The number of aliphatic carboxylic acids is 1. The molecule has 0 amide bonds. The molecule has 1 rings (SSSR count). The number of nitrogens with two attached hydrogens (primary N) is 1. The van der Waals surface area contributed by atoms with Gasteiger partial charge in [0.05, 0.1) is 0 Å². The zero-order valence-electron chi connectivity index (χ0n) is 9.65. The molecular weight excluding hydrogens is 228 g/mol. The van der Waals surface area contributed by atoms with Gasteiger partial charge in [0.25, 0.3) is 0 Å². The minimum absolute atomic E-state index is 0.474. The molecule has 1 fully saturated rings. The minimum Gasteiger partial charge on any atom is -0.480 e. The van der Waals surface area contributed by atoms with E-state index in [9.17, 15) is 9.00 Å². The second kappa shape index (κ2) is 5.75. The van der Waals surface area contributed by atoms with Crippen LogP contribution in [0.3, 0.4) is 0 Å². The van der Waals surface area contributed by atoms with Crippen molar-refractivity contribution in [1.29, 1.82) is 0 Å². The molecule has 1 atom stereocenters. The van der Waals surface area contributed by atoms with Crippen molar-refractivity contribution in [2.45, 2.75) is 25.3 Å². The first-order valence-corrected chi connectivity index (χ1v) is 7.00. The van der Waals surface area contributed by atoms with Crippen LogP contribution in [-0.4, -0.2) is 56.9 Å². The maximum atomic E-state index is 11.1. The van der Waals surface area contributed by atoms with E-state index in [1.165, 1.54) is 0 Å². The maximum Gasteiger partial charge on any atom is 0.323 e. The van der Waals surface area contributed by atoms with Crippen molar-refractivity contribution in [3.8, 4) is 0 Å². The van der Waals surface area contributed by atoms with Gasteiger partial charge in [0, 0.05) is 35.4 Å². The molecule has 6 heteroatoms. The van der Waals surface area contributed by atoms with Crippen molar-refractivity contribution >= 4 is 16.8 Å². The predicted molar refractivity (Wildman–Crippen MR) is 63.8 cm³/mol. The fourth-order valence-corrected chi connectivity index (χ4v) is 2.80. The molecular formula is C10H20N2O3S. The first kappa shape index (κ1) is 13.6. The molecule has 0 saturated carbocycles. The zero-order chi connectivity index (χ0) is 12.2. The highest BCUT2D eigenvalue weighted by Gasteiger charge is 2.27. The SMILES string of the molecule is CC(N)(CCCN1CCS(=O)CC1)C(=O)O. The van der Waals surface area contributed by atoms with Crippen LogP contribution in [0.4, 0.5) is 0 Å².